The van der Waals surface area contributed by atoms with E-state index in [-0.39, 0.29) is 12.4 Å². The summed E-state index contributed by atoms with van der Waals surface area (Å²) in [5.41, 5.74) is 0. The van der Waals surface area contributed by atoms with Crippen LogP contribution < -0.4 is 0 Å². The zero-order chi connectivity index (χ0) is 7.82. The molecule has 0 aliphatic rings. The summed E-state index contributed by atoms with van der Waals surface area (Å²) in [6, 6.07) is 0. The Morgan fingerprint density at radius 3 is 2.60 bits per heavy atom. The van der Waals surface area contributed by atoms with Crippen LogP contribution in [0.3, 0.4) is 0 Å². The first kappa shape index (κ1) is 8.99. The summed E-state index contributed by atoms with van der Waals surface area (Å²) in [5, 5.41) is 0. The van der Waals surface area contributed by atoms with Crippen molar-refractivity contribution in [2.75, 3.05) is 20.8 Å². The first-order valence-electron chi connectivity index (χ1n) is 2.82. The van der Waals surface area contributed by atoms with Gasteiger partial charge >= 0.3 is 5.97 Å². The Balaban J connectivity index is 3.36. The van der Waals surface area contributed by atoms with Gasteiger partial charge in [0, 0.05) is 7.11 Å². The van der Waals surface area contributed by atoms with Gasteiger partial charge in [-0.1, -0.05) is 11.8 Å². The fourth-order valence-electron chi connectivity index (χ4n) is 0.330. The van der Waals surface area contributed by atoms with Gasteiger partial charge in [-0.25, -0.2) is 0 Å². The molecular weight excluding hydrogens is 132 g/mol. The van der Waals surface area contributed by atoms with Crippen molar-refractivity contribution >= 4 is 5.97 Å². The Labute approximate surface area is 60.3 Å². The Bertz CT molecular complexity index is 152. The molecule has 3 nitrogen and oxygen atoms in total. The molecule has 0 aliphatic heterocycles. The van der Waals surface area contributed by atoms with Crippen molar-refractivity contribution in [2.45, 2.75) is 6.42 Å². The predicted molar refractivity (Wildman–Crippen MR) is 36.3 cm³/mol. The molecule has 3 heteroatoms. The third kappa shape index (κ3) is 5.13. The maximum absolute atomic E-state index is 10.4. The van der Waals surface area contributed by atoms with Crippen LogP contribution in [0.2, 0.25) is 0 Å². The SMILES string of the molecule is COCC#CCC(=O)OC. The molecule has 0 unspecified atom stereocenters. The van der Waals surface area contributed by atoms with Crippen LogP contribution in [0.1, 0.15) is 6.42 Å². The molecule has 0 saturated carbocycles. The third-order valence-corrected chi connectivity index (χ3v) is 0.802. The van der Waals surface area contributed by atoms with Gasteiger partial charge < -0.3 is 9.47 Å². The maximum atomic E-state index is 10.4. The van der Waals surface area contributed by atoms with E-state index >= 15 is 0 Å². The molecule has 0 rings (SSSR count). The Morgan fingerprint density at radius 1 is 1.40 bits per heavy atom. The fraction of sp³-hybridized carbons (Fsp3) is 0.571. The smallest absolute Gasteiger partial charge is 0.317 e. The molecule has 0 aromatic rings. The van der Waals surface area contributed by atoms with E-state index in [1.165, 1.54) is 7.11 Å². The van der Waals surface area contributed by atoms with E-state index in [1.54, 1.807) is 7.11 Å². The van der Waals surface area contributed by atoms with Crippen LogP contribution in [0.25, 0.3) is 0 Å². The van der Waals surface area contributed by atoms with Gasteiger partial charge in [-0.15, -0.1) is 0 Å². The Kier molecular flexibility index (Phi) is 5.50. The molecule has 0 bridgehead atoms. The maximum Gasteiger partial charge on any atom is 0.317 e. The number of carbonyl (C=O) groups excluding carboxylic acids is 1. The second-order valence-corrected chi connectivity index (χ2v) is 1.54. The molecule has 56 valence electrons. The molecule has 0 N–H and O–H groups in total. The zero-order valence-electron chi connectivity index (χ0n) is 6.14. The number of rotatable bonds is 2. The molecule has 0 spiro atoms. The van der Waals surface area contributed by atoms with Crippen LogP contribution in [0.5, 0.6) is 0 Å². The fourth-order valence-corrected chi connectivity index (χ4v) is 0.330. The first-order valence-corrected chi connectivity index (χ1v) is 2.82. The van der Waals surface area contributed by atoms with Crippen molar-refractivity contribution in [1.82, 2.24) is 0 Å². The van der Waals surface area contributed by atoms with Gasteiger partial charge in [0.25, 0.3) is 0 Å². The Morgan fingerprint density at radius 2 is 2.10 bits per heavy atom. The lowest BCUT2D eigenvalue weighted by molar-refractivity contribution is -0.139. The van der Waals surface area contributed by atoms with Gasteiger partial charge in [0.1, 0.15) is 13.0 Å². The summed E-state index contributed by atoms with van der Waals surface area (Å²) >= 11 is 0. The van der Waals surface area contributed by atoms with Gasteiger partial charge in [0.15, 0.2) is 0 Å². The number of hydrogen-bond acceptors (Lipinski definition) is 3. The lowest BCUT2D eigenvalue weighted by atomic mass is 10.4. The van der Waals surface area contributed by atoms with E-state index in [4.69, 9.17) is 0 Å². The van der Waals surface area contributed by atoms with Crippen molar-refractivity contribution in [3.05, 3.63) is 0 Å². The van der Waals surface area contributed by atoms with Gasteiger partial charge in [0.2, 0.25) is 0 Å². The van der Waals surface area contributed by atoms with Gasteiger partial charge in [-0.2, -0.15) is 0 Å². The average molecular weight is 142 g/mol. The standard InChI is InChI=1S/C7H10O3/c1-9-6-4-3-5-7(8)10-2/h5-6H2,1-2H3. The number of hydrogen-bond donors (Lipinski definition) is 0. The highest BCUT2D eigenvalue weighted by Gasteiger charge is 1.92. The summed E-state index contributed by atoms with van der Waals surface area (Å²) in [4.78, 5) is 10.4. The van der Waals surface area contributed by atoms with Crippen LogP contribution in [-0.2, 0) is 14.3 Å². The topological polar surface area (TPSA) is 35.5 Å². The third-order valence-electron chi connectivity index (χ3n) is 0.802. The van der Waals surface area contributed by atoms with Gasteiger partial charge in [-0.3, -0.25) is 4.79 Å². The van der Waals surface area contributed by atoms with Crippen molar-refractivity contribution < 1.29 is 14.3 Å². The highest BCUT2D eigenvalue weighted by atomic mass is 16.5. The minimum atomic E-state index is -0.316. The van der Waals surface area contributed by atoms with Crippen LogP contribution in [-0.4, -0.2) is 26.8 Å². The van der Waals surface area contributed by atoms with E-state index in [0.29, 0.717) is 6.61 Å². The predicted octanol–water partition coefficient (Wildman–Crippen LogP) is 0.199. The quantitative estimate of drug-likeness (QED) is 0.408. The lowest BCUT2D eigenvalue weighted by Crippen LogP contribution is -1.97. The van der Waals surface area contributed by atoms with E-state index < -0.39 is 0 Å². The normalized spacial score (nSPS) is 7.80. The zero-order valence-corrected chi connectivity index (χ0v) is 6.14. The molecule has 0 aromatic carbocycles. The van der Waals surface area contributed by atoms with Crippen LogP contribution in [0.4, 0.5) is 0 Å². The summed E-state index contributed by atoms with van der Waals surface area (Å²) in [6.45, 7) is 0.358. The summed E-state index contributed by atoms with van der Waals surface area (Å²) in [5.74, 6) is 4.90. The Hall–Kier alpha value is -1.01. The van der Waals surface area contributed by atoms with E-state index in [1.807, 2.05) is 0 Å². The molecule has 0 saturated heterocycles. The molecule has 0 radical (unpaired) electrons. The molecule has 0 aliphatic carbocycles. The monoisotopic (exact) mass is 142 g/mol. The summed E-state index contributed by atoms with van der Waals surface area (Å²) in [6.07, 6.45) is 0.139. The van der Waals surface area contributed by atoms with E-state index in [9.17, 15) is 4.79 Å². The second kappa shape index (κ2) is 6.12. The van der Waals surface area contributed by atoms with Gasteiger partial charge in [-0.05, 0) is 0 Å². The van der Waals surface area contributed by atoms with E-state index in [0.717, 1.165) is 0 Å². The minimum Gasteiger partial charge on any atom is -0.468 e. The van der Waals surface area contributed by atoms with E-state index in [2.05, 4.69) is 21.3 Å². The highest BCUT2D eigenvalue weighted by Crippen LogP contribution is 1.79. The first-order chi connectivity index (χ1) is 4.81. The molecule has 0 amide bonds. The summed E-state index contributed by atoms with van der Waals surface area (Å²) in [7, 11) is 2.88. The molecule has 0 fully saturated rings. The molecular formula is C7H10O3. The van der Waals surface area contributed by atoms with Gasteiger partial charge in [0.05, 0.1) is 7.11 Å². The van der Waals surface area contributed by atoms with Crippen LogP contribution in [0.15, 0.2) is 0 Å². The van der Waals surface area contributed by atoms with Crippen LogP contribution >= 0.6 is 0 Å². The number of ether oxygens (including phenoxy) is 2. The molecule has 0 heterocycles. The van der Waals surface area contributed by atoms with Crippen molar-refractivity contribution in [1.29, 1.82) is 0 Å². The average Bonchev–Trinajstić information content (AvgIpc) is 1.98. The van der Waals surface area contributed by atoms with Crippen molar-refractivity contribution in [3.63, 3.8) is 0 Å². The summed E-state index contributed by atoms with van der Waals surface area (Å²) < 4.78 is 8.98. The lowest BCUT2D eigenvalue weighted by Gasteiger charge is -1.88. The largest absolute Gasteiger partial charge is 0.468 e. The molecule has 0 atom stereocenters. The second-order valence-electron chi connectivity index (χ2n) is 1.54. The van der Waals surface area contributed by atoms with Crippen LogP contribution in [0, 0.1) is 11.8 Å². The molecule has 0 aromatic heterocycles. The van der Waals surface area contributed by atoms with Crippen molar-refractivity contribution in [2.24, 2.45) is 0 Å². The molecule has 10 heavy (non-hydrogen) atoms. The highest BCUT2D eigenvalue weighted by molar-refractivity contribution is 5.72. The number of carbonyl (C=O) groups is 1. The van der Waals surface area contributed by atoms with Crippen molar-refractivity contribution in [3.8, 4) is 11.8 Å². The number of esters is 1. The minimum absolute atomic E-state index is 0.139. The number of methoxy groups -OCH3 is 2.